The van der Waals surface area contributed by atoms with Gasteiger partial charge in [0.15, 0.2) is 0 Å². The summed E-state index contributed by atoms with van der Waals surface area (Å²) >= 11 is 7.32. The minimum Gasteiger partial charge on any atom is -0.506 e. The number of hydrogen-bond acceptors (Lipinski definition) is 5. The maximum absolute atomic E-state index is 13.3. The average Bonchev–Trinajstić information content (AvgIpc) is 3.10. The predicted octanol–water partition coefficient (Wildman–Crippen LogP) is 3.83. The molecule has 0 aliphatic heterocycles. The first-order valence-electron chi connectivity index (χ1n) is 9.36. The van der Waals surface area contributed by atoms with E-state index in [0.29, 0.717) is 20.9 Å². The lowest BCUT2D eigenvalue weighted by atomic mass is 10.2. The number of nitrogens with one attached hydrogen (secondary N) is 1. The second-order valence-electron chi connectivity index (χ2n) is 7.13. The molecule has 9 heteroatoms. The van der Waals surface area contributed by atoms with E-state index in [1.54, 1.807) is 36.4 Å². The first-order valence-corrected chi connectivity index (χ1v) is 10.6. The number of phenolic OH excluding ortho intramolecular Hbond substituents is 1. The normalized spacial score (nSPS) is 11.1. The van der Waals surface area contributed by atoms with Crippen molar-refractivity contribution in [2.45, 2.75) is 20.4 Å². The van der Waals surface area contributed by atoms with Gasteiger partial charge in [-0.1, -0.05) is 23.7 Å². The number of nitrogens with zero attached hydrogens (tertiary/aromatic N) is 2. The topological polar surface area (TPSA) is 93.3 Å². The van der Waals surface area contributed by atoms with Crippen molar-refractivity contribution in [1.82, 2.24) is 9.13 Å². The van der Waals surface area contributed by atoms with E-state index in [1.165, 1.54) is 28.0 Å². The van der Waals surface area contributed by atoms with E-state index < -0.39 is 17.2 Å². The second-order valence-corrected chi connectivity index (χ2v) is 8.81. The molecule has 1 amide bonds. The molecule has 4 rings (SSSR count). The first kappa shape index (κ1) is 20.9. The molecule has 0 atom stereocenters. The number of amides is 1. The van der Waals surface area contributed by atoms with E-state index in [1.807, 2.05) is 13.8 Å². The van der Waals surface area contributed by atoms with Gasteiger partial charge in [-0.25, -0.2) is 9.36 Å². The smallest absolute Gasteiger partial charge is 0.337 e. The van der Waals surface area contributed by atoms with E-state index in [4.69, 9.17) is 11.6 Å². The van der Waals surface area contributed by atoms with Crippen molar-refractivity contribution >= 4 is 44.7 Å². The van der Waals surface area contributed by atoms with Gasteiger partial charge in [-0.3, -0.25) is 14.2 Å². The maximum Gasteiger partial charge on any atom is 0.337 e. The van der Waals surface area contributed by atoms with Crippen LogP contribution in [0.3, 0.4) is 0 Å². The Morgan fingerprint density at radius 3 is 2.65 bits per heavy atom. The second kappa shape index (κ2) is 8.05. The van der Waals surface area contributed by atoms with Crippen molar-refractivity contribution in [2.24, 2.45) is 0 Å². The number of phenols is 1. The quantitative estimate of drug-likeness (QED) is 0.457. The molecule has 7 nitrogen and oxygen atoms in total. The van der Waals surface area contributed by atoms with E-state index in [9.17, 15) is 19.5 Å². The van der Waals surface area contributed by atoms with Crippen LogP contribution in [0.5, 0.6) is 5.75 Å². The van der Waals surface area contributed by atoms with E-state index >= 15 is 0 Å². The Morgan fingerprint density at radius 1 is 1.13 bits per heavy atom. The molecular weight excluding hydrogens is 438 g/mol. The first-order chi connectivity index (χ1) is 14.7. The molecule has 0 fully saturated rings. The monoisotopic (exact) mass is 455 g/mol. The highest BCUT2D eigenvalue weighted by atomic mass is 35.5. The summed E-state index contributed by atoms with van der Waals surface area (Å²) in [5.74, 6) is -0.584. The number of hydrogen-bond donors (Lipinski definition) is 2. The zero-order valence-electron chi connectivity index (χ0n) is 16.7. The molecule has 0 aliphatic rings. The van der Waals surface area contributed by atoms with Crippen LogP contribution in [0.4, 0.5) is 5.69 Å². The number of fused-ring (bicyclic) bond motifs is 1. The highest BCUT2D eigenvalue weighted by molar-refractivity contribution is 7.18. The number of halogens is 1. The van der Waals surface area contributed by atoms with Crippen molar-refractivity contribution in [3.8, 4) is 11.4 Å². The molecule has 4 aromatic rings. The molecule has 2 heterocycles. The van der Waals surface area contributed by atoms with Gasteiger partial charge in [-0.15, -0.1) is 11.3 Å². The summed E-state index contributed by atoms with van der Waals surface area (Å²) in [7, 11) is 0. The summed E-state index contributed by atoms with van der Waals surface area (Å²) in [6, 6.07) is 12.9. The lowest BCUT2D eigenvalue weighted by Crippen LogP contribution is -2.40. The van der Waals surface area contributed by atoms with Crippen molar-refractivity contribution in [3.05, 3.63) is 84.8 Å². The molecule has 0 unspecified atom stereocenters. The molecule has 2 aromatic heterocycles. The van der Waals surface area contributed by atoms with Gasteiger partial charge in [-0.2, -0.15) is 0 Å². The van der Waals surface area contributed by atoms with Gasteiger partial charge in [0, 0.05) is 9.90 Å². The molecule has 0 spiro atoms. The number of benzene rings is 2. The Labute approximate surface area is 185 Å². The van der Waals surface area contributed by atoms with Gasteiger partial charge in [-0.05, 0) is 55.8 Å². The minimum absolute atomic E-state index is 0.0766. The summed E-state index contributed by atoms with van der Waals surface area (Å²) in [5.41, 5.74) is 0.305. The number of aromatic hydroxyl groups is 1. The number of carbonyl (C=O) groups is 1. The molecule has 0 aliphatic carbocycles. The van der Waals surface area contributed by atoms with Gasteiger partial charge in [0.1, 0.15) is 17.1 Å². The van der Waals surface area contributed by atoms with Crippen LogP contribution in [-0.4, -0.2) is 20.1 Å². The van der Waals surface area contributed by atoms with E-state index in [-0.39, 0.29) is 18.0 Å². The van der Waals surface area contributed by atoms with Crippen LogP contribution in [0.1, 0.15) is 10.4 Å². The van der Waals surface area contributed by atoms with E-state index in [2.05, 4.69) is 5.32 Å². The molecule has 0 saturated carbocycles. The van der Waals surface area contributed by atoms with Crippen LogP contribution in [-0.2, 0) is 11.3 Å². The van der Waals surface area contributed by atoms with Gasteiger partial charge in [0.25, 0.3) is 5.56 Å². The minimum atomic E-state index is -0.648. The van der Waals surface area contributed by atoms with Crippen LogP contribution in [0.15, 0.2) is 58.1 Å². The highest BCUT2D eigenvalue weighted by Gasteiger charge is 2.19. The van der Waals surface area contributed by atoms with Crippen molar-refractivity contribution in [3.63, 3.8) is 0 Å². The maximum atomic E-state index is 13.3. The van der Waals surface area contributed by atoms with Gasteiger partial charge in [0.05, 0.1) is 16.8 Å². The third-order valence-corrected chi connectivity index (χ3v) is 6.04. The fourth-order valence-corrected chi connectivity index (χ4v) is 4.51. The van der Waals surface area contributed by atoms with Crippen molar-refractivity contribution < 1.29 is 9.90 Å². The Morgan fingerprint density at radius 2 is 1.90 bits per heavy atom. The summed E-state index contributed by atoms with van der Waals surface area (Å²) < 4.78 is 2.27. The van der Waals surface area contributed by atoms with Crippen molar-refractivity contribution in [1.29, 1.82) is 0 Å². The molecule has 0 saturated heterocycles. The average molecular weight is 456 g/mol. The number of carbonyl (C=O) groups excluding carboxylic acids is 1. The highest BCUT2D eigenvalue weighted by Crippen LogP contribution is 2.25. The van der Waals surface area contributed by atoms with Gasteiger partial charge < -0.3 is 10.4 Å². The largest absolute Gasteiger partial charge is 0.506 e. The third-order valence-electron chi connectivity index (χ3n) is 4.73. The van der Waals surface area contributed by atoms with Crippen LogP contribution >= 0.6 is 22.9 Å². The Kier molecular flexibility index (Phi) is 5.43. The van der Waals surface area contributed by atoms with Gasteiger partial charge in [0.2, 0.25) is 5.91 Å². The number of aromatic nitrogens is 2. The standard InChI is InChI=1S/C22H18ClN3O4S/c1-12-6-7-18(27)17(8-12)24-19(28)11-25-21-16(9-13(2)31-21)20(29)26(22(25)30)15-5-3-4-14(23)10-15/h3-10,27H,11H2,1-2H3,(H,24,28). The van der Waals surface area contributed by atoms with Crippen LogP contribution in [0.25, 0.3) is 15.9 Å². The molecule has 0 bridgehead atoms. The van der Waals surface area contributed by atoms with Crippen LogP contribution in [0.2, 0.25) is 5.02 Å². The lowest BCUT2D eigenvalue weighted by molar-refractivity contribution is -0.116. The predicted molar refractivity (Wildman–Crippen MR) is 123 cm³/mol. The molecule has 0 radical (unpaired) electrons. The number of rotatable bonds is 4. The Hall–Kier alpha value is -3.36. The summed E-state index contributed by atoms with van der Waals surface area (Å²) in [6.45, 7) is 3.33. The summed E-state index contributed by atoms with van der Waals surface area (Å²) in [6.07, 6.45) is 0. The Bertz CT molecular complexity index is 1450. The summed E-state index contributed by atoms with van der Waals surface area (Å²) in [4.78, 5) is 40.4. The number of aryl methyl sites for hydroxylation is 2. The Balaban J connectivity index is 1.84. The van der Waals surface area contributed by atoms with Gasteiger partial charge >= 0.3 is 5.69 Å². The zero-order valence-corrected chi connectivity index (χ0v) is 18.3. The lowest BCUT2D eigenvalue weighted by Gasteiger charge is -2.13. The molecule has 2 N–H and O–H groups in total. The number of anilines is 1. The SMILES string of the molecule is Cc1ccc(O)c(NC(=O)Cn2c(=O)n(-c3cccc(Cl)c3)c(=O)c3cc(C)sc32)c1. The summed E-state index contributed by atoms with van der Waals surface area (Å²) in [5, 5.41) is 13.3. The van der Waals surface area contributed by atoms with E-state index in [0.717, 1.165) is 15.0 Å². The third kappa shape index (κ3) is 3.99. The fourth-order valence-electron chi connectivity index (χ4n) is 3.34. The number of thiophene rings is 1. The molecule has 31 heavy (non-hydrogen) atoms. The zero-order chi connectivity index (χ0) is 22.3. The van der Waals surface area contributed by atoms with Crippen LogP contribution < -0.4 is 16.6 Å². The van der Waals surface area contributed by atoms with Crippen molar-refractivity contribution in [2.75, 3.05) is 5.32 Å². The van der Waals surface area contributed by atoms with Crippen LogP contribution in [0, 0.1) is 13.8 Å². The fraction of sp³-hybridized carbons (Fsp3) is 0.136. The molecular formula is C22H18ClN3O4S. The molecule has 2 aromatic carbocycles. The molecule has 158 valence electrons.